The topological polar surface area (TPSA) is 69.7 Å². The van der Waals surface area contributed by atoms with Crippen LogP contribution in [0.4, 0.5) is 15.8 Å². The predicted octanol–water partition coefficient (Wildman–Crippen LogP) is 2.84. The van der Waals surface area contributed by atoms with Crippen LogP contribution in [0.15, 0.2) is 48.5 Å². The number of halogens is 1. The van der Waals surface area contributed by atoms with Crippen LogP contribution in [0.3, 0.4) is 0 Å². The molecule has 3 rings (SSSR count). The van der Waals surface area contributed by atoms with Crippen LogP contribution in [0, 0.1) is 11.7 Å². The standard InChI is InChI=1S/C22H24FN3O3/c1-3-15-6-4-5-7-19(15)26-13-16(12-21(26)28)22(29)25(2)14-20(27)24-18-10-8-17(23)9-11-18/h4-11,16H,3,12-14H2,1-2H3,(H,24,27)/t16-/m0/s1. The lowest BCUT2D eigenvalue weighted by Gasteiger charge is -2.22. The van der Waals surface area contributed by atoms with Crippen LogP contribution in [0.5, 0.6) is 0 Å². The second-order valence-corrected chi connectivity index (χ2v) is 7.14. The quantitative estimate of drug-likeness (QED) is 0.815. The molecule has 152 valence electrons. The average molecular weight is 397 g/mol. The number of amides is 3. The van der Waals surface area contributed by atoms with Crippen molar-refractivity contribution in [3.8, 4) is 0 Å². The summed E-state index contributed by atoms with van der Waals surface area (Å²) in [5.41, 5.74) is 2.35. The lowest BCUT2D eigenvalue weighted by molar-refractivity contribution is -0.137. The summed E-state index contributed by atoms with van der Waals surface area (Å²) in [6.07, 6.45) is 0.919. The van der Waals surface area contributed by atoms with Crippen LogP contribution >= 0.6 is 0 Å². The zero-order valence-corrected chi connectivity index (χ0v) is 16.5. The molecule has 0 aromatic heterocycles. The molecular formula is C22H24FN3O3. The van der Waals surface area contributed by atoms with E-state index in [0.29, 0.717) is 12.2 Å². The van der Waals surface area contributed by atoms with Gasteiger partial charge in [0, 0.05) is 31.4 Å². The number of likely N-dealkylation sites (N-methyl/N-ethyl adjacent to an activating group) is 1. The molecule has 1 atom stereocenters. The zero-order valence-electron chi connectivity index (χ0n) is 16.5. The number of nitrogens with one attached hydrogen (secondary N) is 1. The number of anilines is 2. The maximum Gasteiger partial charge on any atom is 0.243 e. The molecule has 29 heavy (non-hydrogen) atoms. The molecule has 1 aliphatic heterocycles. The van der Waals surface area contributed by atoms with E-state index in [4.69, 9.17) is 0 Å². The maximum atomic E-state index is 12.9. The number of rotatable bonds is 6. The molecular weight excluding hydrogens is 373 g/mol. The first kappa shape index (κ1) is 20.5. The van der Waals surface area contributed by atoms with E-state index in [1.165, 1.54) is 29.2 Å². The van der Waals surface area contributed by atoms with E-state index in [-0.39, 0.29) is 30.7 Å². The summed E-state index contributed by atoms with van der Waals surface area (Å²) in [6, 6.07) is 13.1. The molecule has 0 saturated carbocycles. The van der Waals surface area contributed by atoms with E-state index < -0.39 is 11.7 Å². The van der Waals surface area contributed by atoms with Crippen LogP contribution in [-0.4, -0.2) is 42.8 Å². The smallest absolute Gasteiger partial charge is 0.243 e. The third kappa shape index (κ3) is 4.80. The Morgan fingerprint density at radius 2 is 1.86 bits per heavy atom. The summed E-state index contributed by atoms with van der Waals surface area (Å²) in [5.74, 6) is -1.60. The second kappa shape index (κ2) is 8.86. The number of benzene rings is 2. The number of hydrogen-bond acceptors (Lipinski definition) is 3. The Morgan fingerprint density at radius 3 is 2.55 bits per heavy atom. The Hall–Kier alpha value is -3.22. The van der Waals surface area contributed by atoms with Gasteiger partial charge in [0.25, 0.3) is 0 Å². The van der Waals surface area contributed by atoms with Crippen molar-refractivity contribution in [3.05, 3.63) is 59.9 Å². The van der Waals surface area contributed by atoms with Gasteiger partial charge >= 0.3 is 0 Å². The Kier molecular flexibility index (Phi) is 6.26. The van der Waals surface area contributed by atoms with Gasteiger partial charge in [-0.05, 0) is 42.3 Å². The molecule has 0 spiro atoms. The SMILES string of the molecule is CCc1ccccc1N1C[C@@H](C(=O)N(C)CC(=O)Nc2ccc(F)cc2)CC1=O. The first-order chi connectivity index (χ1) is 13.9. The fraction of sp³-hybridized carbons (Fsp3) is 0.318. The van der Waals surface area contributed by atoms with Crippen molar-refractivity contribution in [3.63, 3.8) is 0 Å². The highest BCUT2D eigenvalue weighted by Gasteiger charge is 2.37. The maximum absolute atomic E-state index is 12.9. The molecule has 6 nitrogen and oxygen atoms in total. The van der Waals surface area contributed by atoms with E-state index in [1.807, 2.05) is 31.2 Å². The lowest BCUT2D eigenvalue weighted by Crippen LogP contribution is -2.39. The molecule has 2 aromatic rings. The predicted molar refractivity (Wildman–Crippen MR) is 109 cm³/mol. The van der Waals surface area contributed by atoms with Crippen molar-refractivity contribution in [2.45, 2.75) is 19.8 Å². The molecule has 1 saturated heterocycles. The van der Waals surface area contributed by atoms with Gasteiger partial charge in [-0.3, -0.25) is 14.4 Å². The summed E-state index contributed by atoms with van der Waals surface area (Å²) >= 11 is 0. The summed E-state index contributed by atoms with van der Waals surface area (Å²) in [6.45, 7) is 2.18. The van der Waals surface area contributed by atoms with Crippen molar-refractivity contribution in [2.24, 2.45) is 5.92 Å². The number of para-hydroxylation sites is 1. The molecule has 0 bridgehead atoms. The van der Waals surface area contributed by atoms with E-state index in [9.17, 15) is 18.8 Å². The Labute approximate surface area is 169 Å². The van der Waals surface area contributed by atoms with Gasteiger partial charge in [-0.2, -0.15) is 0 Å². The third-order valence-electron chi connectivity index (χ3n) is 5.02. The monoisotopic (exact) mass is 397 g/mol. The van der Waals surface area contributed by atoms with Crippen molar-refractivity contribution >= 4 is 29.1 Å². The highest BCUT2D eigenvalue weighted by molar-refractivity contribution is 6.01. The molecule has 1 N–H and O–H groups in total. The van der Waals surface area contributed by atoms with Gasteiger partial charge in [0.2, 0.25) is 17.7 Å². The molecule has 1 fully saturated rings. The fourth-order valence-electron chi connectivity index (χ4n) is 3.52. The Morgan fingerprint density at radius 1 is 1.17 bits per heavy atom. The van der Waals surface area contributed by atoms with Gasteiger partial charge < -0.3 is 15.1 Å². The summed E-state index contributed by atoms with van der Waals surface area (Å²) < 4.78 is 12.9. The van der Waals surface area contributed by atoms with E-state index in [0.717, 1.165) is 17.7 Å². The second-order valence-electron chi connectivity index (χ2n) is 7.14. The van der Waals surface area contributed by atoms with Gasteiger partial charge in [0.15, 0.2) is 0 Å². The van der Waals surface area contributed by atoms with Crippen molar-refractivity contribution in [2.75, 3.05) is 30.4 Å². The first-order valence-corrected chi connectivity index (χ1v) is 9.57. The van der Waals surface area contributed by atoms with Gasteiger partial charge in [-0.15, -0.1) is 0 Å². The minimum absolute atomic E-state index is 0.0894. The first-order valence-electron chi connectivity index (χ1n) is 9.57. The minimum Gasteiger partial charge on any atom is -0.336 e. The molecule has 3 amide bonds. The number of carbonyl (C=O) groups is 3. The molecule has 0 aliphatic carbocycles. The molecule has 1 aliphatic rings. The van der Waals surface area contributed by atoms with Crippen LogP contribution in [0.2, 0.25) is 0 Å². The zero-order chi connectivity index (χ0) is 21.0. The van der Waals surface area contributed by atoms with E-state index in [1.54, 1.807) is 11.9 Å². The molecule has 0 radical (unpaired) electrons. The lowest BCUT2D eigenvalue weighted by atomic mass is 10.1. The van der Waals surface area contributed by atoms with Crippen LogP contribution < -0.4 is 10.2 Å². The van der Waals surface area contributed by atoms with Gasteiger partial charge in [0.1, 0.15) is 5.82 Å². The average Bonchev–Trinajstić information content (AvgIpc) is 3.10. The largest absolute Gasteiger partial charge is 0.336 e. The van der Waals surface area contributed by atoms with Crippen LogP contribution in [0.25, 0.3) is 0 Å². The molecule has 0 unspecified atom stereocenters. The van der Waals surface area contributed by atoms with Crippen molar-refractivity contribution in [1.29, 1.82) is 0 Å². The number of hydrogen-bond donors (Lipinski definition) is 1. The Balaban J connectivity index is 1.60. The van der Waals surface area contributed by atoms with Crippen molar-refractivity contribution in [1.82, 2.24) is 4.90 Å². The fourth-order valence-corrected chi connectivity index (χ4v) is 3.52. The minimum atomic E-state index is -0.490. The summed E-state index contributed by atoms with van der Waals surface area (Å²) in [5, 5.41) is 2.63. The Bertz CT molecular complexity index is 914. The number of nitrogens with zero attached hydrogens (tertiary/aromatic N) is 2. The van der Waals surface area contributed by atoms with Gasteiger partial charge in [0.05, 0.1) is 12.5 Å². The number of aryl methyl sites for hydroxylation is 1. The number of carbonyl (C=O) groups excluding carboxylic acids is 3. The normalized spacial score (nSPS) is 16.0. The summed E-state index contributed by atoms with van der Waals surface area (Å²) in [7, 11) is 1.54. The van der Waals surface area contributed by atoms with Crippen LogP contribution in [0.1, 0.15) is 18.9 Å². The van der Waals surface area contributed by atoms with Gasteiger partial charge in [-0.1, -0.05) is 25.1 Å². The van der Waals surface area contributed by atoms with E-state index in [2.05, 4.69) is 5.32 Å². The molecule has 2 aromatic carbocycles. The van der Waals surface area contributed by atoms with Crippen LogP contribution in [-0.2, 0) is 20.8 Å². The molecule has 7 heteroatoms. The molecule has 1 heterocycles. The highest BCUT2D eigenvalue weighted by atomic mass is 19.1. The van der Waals surface area contributed by atoms with E-state index >= 15 is 0 Å². The van der Waals surface area contributed by atoms with Crippen molar-refractivity contribution < 1.29 is 18.8 Å². The highest BCUT2D eigenvalue weighted by Crippen LogP contribution is 2.29. The van der Waals surface area contributed by atoms with Gasteiger partial charge in [-0.25, -0.2) is 4.39 Å². The summed E-state index contributed by atoms with van der Waals surface area (Å²) in [4.78, 5) is 40.5. The third-order valence-corrected chi connectivity index (χ3v) is 5.02.